The maximum absolute atomic E-state index is 10.7. The second kappa shape index (κ2) is 4.91. The van der Waals surface area contributed by atoms with E-state index in [2.05, 4.69) is 6.58 Å². The highest BCUT2D eigenvalue weighted by molar-refractivity contribution is 6.37. The zero-order chi connectivity index (χ0) is 7.98. The molecule has 0 radical (unpaired) electrons. The van der Waals surface area contributed by atoms with Crippen LogP contribution in [-0.2, 0) is 9.59 Å². The highest BCUT2D eigenvalue weighted by Gasteiger charge is 2.08. The fourth-order valence-corrected chi connectivity index (χ4v) is 0.611. The largest absolute Gasteiger partial charge is 0.291 e. The molecular formula is C8H12O2. The van der Waals surface area contributed by atoms with Crippen molar-refractivity contribution in [1.82, 2.24) is 0 Å². The van der Waals surface area contributed by atoms with Crippen LogP contribution in [0.25, 0.3) is 0 Å². The number of allylic oxidation sites excluding steroid dienone is 1. The van der Waals surface area contributed by atoms with Crippen LogP contribution in [0.5, 0.6) is 0 Å². The van der Waals surface area contributed by atoms with Crippen LogP contribution in [0.4, 0.5) is 0 Å². The Hall–Kier alpha value is -0.920. The quantitative estimate of drug-likeness (QED) is 0.428. The van der Waals surface area contributed by atoms with Gasteiger partial charge in [-0.25, -0.2) is 0 Å². The van der Waals surface area contributed by atoms with Crippen LogP contribution in [0, 0.1) is 0 Å². The Kier molecular flexibility index (Phi) is 4.46. The predicted octanol–water partition coefficient (Wildman–Crippen LogP) is 1.50. The average molecular weight is 140 g/mol. The summed E-state index contributed by atoms with van der Waals surface area (Å²) in [6.07, 6.45) is 2.74. The van der Waals surface area contributed by atoms with Gasteiger partial charge in [0.1, 0.15) is 0 Å². The molecule has 0 spiro atoms. The lowest BCUT2D eigenvalue weighted by Gasteiger charge is -1.92. The molecule has 0 amide bonds. The van der Waals surface area contributed by atoms with Gasteiger partial charge in [-0.15, -0.1) is 6.58 Å². The molecule has 10 heavy (non-hydrogen) atoms. The number of Topliss-reactive ketones (excluding diaryl/α,β-unsaturated/α-hetero) is 2. The molecule has 0 N–H and O–H groups in total. The molecule has 0 fully saturated rings. The monoisotopic (exact) mass is 140 g/mol. The van der Waals surface area contributed by atoms with Gasteiger partial charge in [-0.1, -0.05) is 13.0 Å². The van der Waals surface area contributed by atoms with E-state index >= 15 is 0 Å². The molecule has 0 aliphatic carbocycles. The van der Waals surface area contributed by atoms with Gasteiger partial charge < -0.3 is 0 Å². The summed E-state index contributed by atoms with van der Waals surface area (Å²) in [7, 11) is 0. The fraction of sp³-hybridized carbons (Fsp3) is 0.500. The van der Waals surface area contributed by atoms with Gasteiger partial charge >= 0.3 is 0 Å². The molecule has 0 heterocycles. The fourth-order valence-electron chi connectivity index (χ4n) is 0.611. The van der Waals surface area contributed by atoms with Crippen molar-refractivity contribution < 1.29 is 9.59 Å². The Morgan fingerprint density at radius 3 is 2.40 bits per heavy atom. The number of rotatable bonds is 5. The topological polar surface area (TPSA) is 34.1 Å². The molecule has 0 saturated heterocycles. The molecule has 0 rings (SSSR count). The van der Waals surface area contributed by atoms with Crippen LogP contribution in [0.3, 0.4) is 0 Å². The van der Waals surface area contributed by atoms with Crippen LogP contribution < -0.4 is 0 Å². The molecule has 0 saturated carbocycles. The zero-order valence-electron chi connectivity index (χ0n) is 6.22. The van der Waals surface area contributed by atoms with E-state index in [1.165, 1.54) is 6.08 Å². The molecule has 0 aliphatic heterocycles. The maximum Gasteiger partial charge on any atom is 0.202 e. The van der Waals surface area contributed by atoms with Crippen molar-refractivity contribution in [1.29, 1.82) is 0 Å². The van der Waals surface area contributed by atoms with Gasteiger partial charge in [-0.3, -0.25) is 9.59 Å². The minimum absolute atomic E-state index is 0.179. The minimum atomic E-state index is -0.322. The van der Waals surface area contributed by atoms with E-state index in [-0.39, 0.29) is 18.0 Å². The third-order valence-electron chi connectivity index (χ3n) is 1.12. The molecule has 2 heteroatoms. The number of carbonyl (C=O) groups is 2. The lowest BCUT2D eigenvalue weighted by Crippen LogP contribution is -2.11. The van der Waals surface area contributed by atoms with Crippen molar-refractivity contribution in [3.8, 4) is 0 Å². The van der Waals surface area contributed by atoms with E-state index < -0.39 is 0 Å². The SMILES string of the molecule is C=CCC(=O)C(=O)CCC. The second-order valence-electron chi connectivity index (χ2n) is 2.09. The van der Waals surface area contributed by atoms with Crippen molar-refractivity contribution in [3.63, 3.8) is 0 Å². The molecule has 0 aromatic rings. The van der Waals surface area contributed by atoms with E-state index in [9.17, 15) is 9.59 Å². The number of ketones is 2. The lowest BCUT2D eigenvalue weighted by atomic mass is 10.1. The van der Waals surface area contributed by atoms with Gasteiger partial charge in [0.25, 0.3) is 0 Å². The Bertz CT molecular complexity index is 147. The van der Waals surface area contributed by atoms with Crippen LogP contribution in [0.15, 0.2) is 12.7 Å². The zero-order valence-corrected chi connectivity index (χ0v) is 6.22. The Labute approximate surface area is 60.9 Å². The van der Waals surface area contributed by atoms with Gasteiger partial charge in [-0.05, 0) is 6.42 Å². The minimum Gasteiger partial charge on any atom is -0.291 e. The summed E-state index contributed by atoms with van der Waals surface area (Å²) in [6.45, 7) is 5.24. The van der Waals surface area contributed by atoms with Crippen molar-refractivity contribution in [3.05, 3.63) is 12.7 Å². The number of hydrogen-bond acceptors (Lipinski definition) is 2. The first-order valence-corrected chi connectivity index (χ1v) is 3.39. The summed E-state index contributed by atoms with van der Waals surface area (Å²) in [5.41, 5.74) is 0. The third kappa shape index (κ3) is 3.17. The average Bonchev–Trinajstić information content (AvgIpc) is 1.89. The molecule has 2 nitrogen and oxygen atoms in total. The molecule has 0 atom stereocenters. The maximum atomic E-state index is 10.7. The van der Waals surface area contributed by atoms with Gasteiger partial charge in [-0.2, -0.15) is 0 Å². The number of hydrogen-bond donors (Lipinski definition) is 0. The van der Waals surface area contributed by atoms with Crippen molar-refractivity contribution in [2.75, 3.05) is 0 Å². The second-order valence-corrected chi connectivity index (χ2v) is 2.09. The highest BCUT2D eigenvalue weighted by atomic mass is 16.2. The predicted molar refractivity (Wildman–Crippen MR) is 39.7 cm³/mol. The highest BCUT2D eigenvalue weighted by Crippen LogP contribution is 1.93. The van der Waals surface area contributed by atoms with E-state index in [0.717, 1.165) is 6.42 Å². The lowest BCUT2D eigenvalue weighted by molar-refractivity contribution is -0.136. The molecule has 56 valence electrons. The van der Waals surface area contributed by atoms with Crippen LogP contribution in [0.1, 0.15) is 26.2 Å². The van der Waals surface area contributed by atoms with E-state index in [0.29, 0.717) is 6.42 Å². The van der Waals surface area contributed by atoms with Crippen LogP contribution >= 0.6 is 0 Å². The van der Waals surface area contributed by atoms with Gasteiger partial charge in [0.2, 0.25) is 5.78 Å². The van der Waals surface area contributed by atoms with E-state index in [1.54, 1.807) is 0 Å². The molecule has 0 aromatic heterocycles. The van der Waals surface area contributed by atoms with E-state index in [4.69, 9.17) is 0 Å². The van der Waals surface area contributed by atoms with Gasteiger partial charge in [0.15, 0.2) is 5.78 Å². The smallest absolute Gasteiger partial charge is 0.202 e. The van der Waals surface area contributed by atoms with Crippen molar-refractivity contribution >= 4 is 11.6 Å². The summed E-state index contributed by atoms with van der Waals surface area (Å²) in [5, 5.41) is 0. The van der Waals surface area contributed by atoms with Crippen molar-refractivity contribution in [2.24, 2.45) is 0 Å². The third-order valence-corrected chi connectivity index (χ3v) is 1.12. The molecular weight excluding hydrogens is 128 g/mol. The summed E-state index contributed by atoms with van der Waals surface area (Å²) in [5.74, 6) is -0.598. The first-order valence-electron chi connectivity index (χ1n) is 3.39. The Morgan fingerprint density at radius 1 is 1.40 bits per heavy atom. The number of carbonyl (C=O) groups excluding carboxylic acids is 2. The summed E-state index contributed by atoms with van der Waals surface area (Å²) >= 11 is 0. The summed E-state index contributed by atoms with van der Waals surface area (Å²) in [4.78, 5) is 21.4. The summed E-state index contributed by atoms with van der Waals surface area (Å²) in [6, 6.07) is 0. The van der Waals surface area contributed by atoms with Gasteiger partial charge in [0.05, 0.1) is 0 Å². The van der Waals surface area contributed by atoms with Crippen molar-refractivity contribution in [2.45, 2.75) is 26.2 Å². The van der Waals surface area contributed by atoms with Gasteiger partial charge in [0, 0.05) is 12.8 Å². The molecule has 0 bridgehead atoms. The standard InChI is InChI=1S/C8H12O2/c1-3-5-7(9)8(10)6-4-2/h3H,1,4-6H2,2H3. The van der Waals surface area contributed by atoms with E-state index in [1.807, 2.05) is 6.92 Å². The molecule has 0 aromatic carbocycles. The Balaban J connectivity index is 3.70. The summed E-state index contributed by atoms with van der Waals surface area (Å²) < 4.78 is 0. The van der Waals surface area contributed by atoms with Crippen LogP contribution in [-0.4, -0.2) is 11.6 Å². The first kappa shape index (κ1) is 9.08. The molecule has 0 aliphatic rings. The Morgan fingerprint density at radius 2 is 2.00 bits per heavy atom. The normalized spacial score (nSPS) is 8.90. The molecule has 0 unspecified atom stereocenters. The first-order chi connectivity index (χ1) is 4.72. The van der Waals surface area contributed by atoms with Crippen LogP contribution in [0.2, 0.25) is 0 Å².